The molecule has 0 amide bonds. The van der Waals surface area contributed by atoms with Gasteiger partial charge in [0.15, 0.2) is 11.6 Å². The topological polar surface area (TPSA) is 50.1 Å². The van der Waals surface area contributed by atoms with Crippen molar-refractivity contribution in [2.45, 2.75) is 6.61 Å². The molecule has 0 bridgehead atoms. The predicted octanol–water partition coefficient (Wildman–Crippen LogP) is 3.23. The van der Waals surface area contributed by atoms with Crippen molar-refractivity contribution in [3.05, 3.63) is 64.7 Å². The van der Waals surface area contributed by atoms with E-state index in [0.717, 1.165) is 6.07 Å². The second kappa shape index (κ2) is 5.93. The lowest BCUT2D eigenvalue weighted by molar-refractivity contribution is 0.112. The number of benzene rings is 2. The summed E-state index contributed by atoms with van der Waals surface area (Å²) in [5, 5.41) is 8.71. The maximum absolute atomic E-state index is 13.8. The molecule has 0 aliphatic heterocycles. The third-order valence-corrected chi connectivity index (χ3v) is 2.67. The number of hydrogen-bond donors (Lipinski definition) is 0. The Morgan fingerprint density at radius 2 is 2.05 bits per heavy atom. The Morgan fingerprint density at radius 1 is 1.25 bits per heavy atom. The van der Waals surface area contributed by atoms with Gasteiger partial charge in [0, 0.05) is 11.1 Å². The predicted molar refractivity (Wildman–Crippen MR) is 67.2 cm³/mol. The molecule has 0 aliphatic rings. The monoisotopic (exact) mass is 273 g/mol. The molecule has 0 fully saturated rings. The first-order valence-electron chi connectivity index (χ1n) is 5.70. The summed E-state index contributed by atoms with van der Waals surface area (Å²) in [7, 11) is 0. The van der Waals surface area contributed by atoms with Crippen LogP contribution >= 0.6 is 0 Å². The number of ether oxygens (including phenoxy) is 1. The average Bonchev–Trinajstić information content (AvgIpc) is 2.47. The highest BCUT2D eigenvalue weighted by atomic mass is 19.1. The maximum atomic E-state index is 13.8. The Morgan fingerprint density at radius 3 is 2.70 bits per heavy atom. The number of nitriles is 1. The van der Waals surface area contributed by atoms with Crippen molar-refractivity contribution in [3.63, 3.8) is 0 Å². The number of rotatable bonds is 4. The van der Waals surface area contributed by atoms with Gasteiger partial charge in [-0.05, 0) is 24.3 Å². The van der Waals surface area contributed by atoms with Gasteiger partial charge in [-0.1, -0.05) is 12.1 Å². The van der Waals surface area contributed by atoms with Crippen molar-refractivity contribution in [2.75, 3.05) is 0 Å². The van der Waals surface area contributed by atoms with Crippen LogP contribution in [0.25, 0.3) is 0 Å². The molecule has 5 heteroatoms. The van der Waals surface area contributed by atoms with Crippen LogP contribution in [0.3, 0.4) is 0 Å². The summed E-state index contributed by atoms with van der Waals surface area (Å²) in [6, 6.07) is 9.76. The molecule has 0 N–H and O–H groups in total. The summed E-state index contributed by atoms with van der Waals surface area (Å²) < 4.78 is 32.5. The minimum atomic E-state index is -0.702. The Bertz CT molecular complexity index is 693. The zero-order valence-corrected chi connectivity index (χ0v) is 10.3. The van der Waals surface area contributed by atoms with E-state index in [1.165, 1.54) is 30.3 Å². The molecule has 2 aromatic carbocycles. The first-order valence-corrected chi connectivity index (χ1v) is 5.70. The molecular formula is C15H9F2NO2. The van der Waals surface area contributed by atoms with Gasteiger partial charge >= 0.3 is 0 Å². The fraction of sp³-hybridized carbons (Fsp3) is 0.0667. The van der Waals surface area contributed by atoms with E-state index in [9.17, 15) is 13.6 Å². The smallest absolute Gasteiger partial charge is 0.165 e. The van der Waals surface area contributed by atoms with Gasteiger partial charge < -0.3 is 4.74 Å². The zero-order chi connectivity index (χ0) is 14.5. The van der Waals surface area contributed by atoms with Crippen LogP contribution in [0.15, 0.2) is 36.4 Å². The fourth-order valence-electron chi connectivity index (χ4n) is 1.64. The Balaban J connectivity index is 2.17. The van der Waals surface area contributed by atoms with E-state index in [-0.39, 0.29) is 29.0 Å². The van der Waals surface area contributed by atoms with E-state index >= 15 is 0 Å². The lowest BCUT2D eigenvalue weighted by Crippen LogP contribution is -2.01. The number of aldehydes is 1. The van der Waals surface area contributed by atoms with E-state index in [0.29, 0.717) is 6.29 Å². The van der Waals surface area contributed by atoms with Crippen molar-refractivity contribution in [1.82, 2.24) is 0 Å². The van der Waals surface area contributed by atoms with Crippen LogP contribution in [0, 0.1) is 23.0 Å². The SMILES string of the molecule is N#Cc1cccc(COc2ccc(C=O)cc2F)c1F. The second-order valence-electron chi connectivity index (χ2n) is 3.99. The van der Waals surface area contributed by atoms with Crippen LogP contribution in [-0.2, 0) is 6.61 Å². The van der Waals surface area contributed by atoms with Crippen molar-refractivity contribution in [1.29, 1.82) is 5.26 Å². The molecule has 0 saturated carbocycles. The largest absolute Gasteiger partial charge is 0.486 e. The summed E-state index contributed by atoms with van der Waals surface area (Å²) in [4.78, 5) is 10.5. The second-order valence-corrected chi connectivity index (χ2v) is 3.99. The van der Waals surface area contributed by atoms with Crippen LogP contribution in [0.5, 0.6) is 5.75 Å². The van der Waals surface area contributed by atoms with Gasteiger partial charge in [0.2, 0.25) is 0 Å². The van der Waals surface area contributed by atoms with Crippen LogP contribution in [-0.4, -0.2) is 6.29 Å². The van der Waals surface area contributed by atoms with E-state index in [2.05, 4.69) is 0 Å². The molecule has 0 spiro atoms. The quantitative estimate of drug-likeness (QED) is 0.803. The third-order valence-electron chi connectivity index (χ3n) is 2.67. The van der Waals surface area contributed by atoms with Gasteiger partial charge in [0.05, 0.1) is 5.56 Å². The Hall–Kier alpha value is -2.74. The van der Waals surface area contributed by atoms with E-state index in [4.69, 9.17) is 10.00 Å². The van der Waals surface area contributed by atoms with Gasteiger partial charge in [-0.3, -0.25) is 4.79 Å². The molecule has 0 radical (unpaired) electrons. The van der Waals surface area contributed by atoms with E-state index in [1.807, 2.05) is 0 Å². The molecular weight excluding hydrogens is 264 g/mol. The summed E-state index contributed by atoms with van der Waals surface area (Å²) in [5.41, 5.74) is 0.248. The molecule has 0 atom stereocenters. The van der Waals surface area contributed by atoms with Crippen LogP contribution in [0.2, 0.25) is 0 Å². The van der Waals surface area contributed by atoms with Gasteiger partial charge in [-0.25, -0.2) is 8.78 Å². The first kappa shape index (κ1) is 13.7. The van der Waals surface area contributed by atoms with Crippen LogP contribution in [0.4, 0.5) is 8.78 Å². The molecule has 0 aromatic heterocycles. The first-order chi connectivity index (χ1) is 9.65. The molecule has 0 aliphatic carbocycles. The molecule has 3 nitrogen and oxygen atoms in total. The van der Waals surface area contributed by atoms with Crippen molar-refractivity contribution in [2.24, 2.45) is 0 Å². The lowest BCUT2D eigenvalue weighted by Gasteiger charge is -2.08. The summed E-state index contributed by atoms with van der Waals surface area (Å²) >= 11 is 0. The zero-order valence-electron chi connectivity index (χ0n) is 10.3. The molecule has 20 heavy (non-hydrogen) atoms. The van der Waals surface area contributed by atoms with E-state index < -0.39 is 11.6 Å². The third kappa shape index (κ3) is 2.81. The number of carbonyl (C=O) groups is 1. The molecule has 0 heterocycles. The number of carbonyl (C=O) groups excluding carboxylic acids is 1. The highest BCUT2D eigenvalue weighted by Gasteiger charge is 2.10. The maximum Gasteiger partial charge on any atom is 0.165 e. The van der Waals surface area contributed by atoms with Crippen molar-refractivity contribution < 1.29 is 18.3 Å². The van der Waals surface area contributed by atoms with Crippen molar-refractivity contribution >= 4 is 6.29 Å². The highest BCUT2D eigenvalue weighted by molar-refractivity contribution is 5.74. The minimum Gasteiger partial charge on any atom is -0.486 e. The molecule has 2 aromatic rings. The summed E-state index contributed by atoms with van der Waals surface area (Å²) in [6.45, 7) is -0.210. The lowest BCUT2D eigenvalue weighted by atomic mass is 10.1. The van der Waals surface area contributed by atoms with E-state index in [1.54, 1.807) is 6.07 Å². The standard InChI is InChI=1S/C15H9F2NO2/c16-13-6-10(8-19)4-5-14(13)20-9-12-3-1-2-11(7-18)15(12)17/h1-6,8H,9H2. The number of hydrogen-bond acceptors (Lipinski definition) is 3. The molecule has 2 rings (SSSR count). The Kier molecular flexibility index (Phi) is 4.06. The highest BCUT2D eigenvalue weighted by Crippen LogP contribution is 2.20. The normalized spacial score (nSPS) is 9.85. The van der Waals surface area contributed by atoms with Gasteiger partial charge in [-0.2, -0.15) is 5.26 Å². The average molecular weight is 273 g/mol. The van der Waals surface area contributed by atoms with Gasteiger partial charge in [0.25, 0.3) is 0 Å². The molecule has 0 saturated heterocycles. The van der Waals surface area contributed by atoms with Gasteiger partial charge in [-0.15, -0.1) is 0 Å². The van der Waals surface area contributed by atoms with Gasteiger partial charge in [0.1, 0.15) is 24.8 Å². The van der Waals surface area contributed by atoms with Crippen LogP contribution < -0.4 is 4.74 Å². The summed E-state index contributed by atoms with van der Waals surface area (Å²) in [6.07, 6.45) is 0.517. The Labute approximate surface area is 114 Å². The molecule has 100 valence electrons. The van der Waals surface area contributed by atoms with Crippen molar-refractivity contribution in [3.8, 4) is 11.8 Å². The minimum absolute atomic E-state index is 0.0858. The molecule has 0 unspecified atom stereocenters. The fourth-order valence-corrected chi connectivity index (χ4v) is 1.64. The van der Waals surface area contributed by atoms with Crippen LogP contribution in [0.1, 0.15) is 21.5 Å². The number of halogens is 2. The summed E-state index contributed by atoms with van der Waals surface area (Å²) in [5.74, 6) is -1.47. The number of nitrogens with zero attached hydrogens (tertiary/aromatic N) is 1.